The Bertz CT molecular complexity index is 387. The van der Waals surface area contributed by atoms with Crippen molar-refractivity contribution >= 4 is 5.91 Å². The molecule has 1 aliphatic heterocycles. The van der Waals surface area contributed by atoms with Gasteiger partial charge in [-0.25, -0.2) is 0 Å². The fourth-order valence-corrected chi connectivity index (χ4v) is 2.30. The number of furan rings is 1. The van der Waals surface area contributed by atoms with Gasteiger partial charge in [-0.2, -0.15) is 0 Å². The summed E-state index contributed by atoms with van der Waals surface area (Å²) in [5.74, 6) is 1.03. The minimum absolute atomic E-state index is 0.0684. The summed E-state index contributed by atoms with van der Waals surface area (Å²) in [7, 11) is 0. The summed E-state index contributed by atoms with van der Waals surface area (Å²) in [4.78, 5) is 11.8. The third kappa shape index (κ3) is 2.88. The maximum atomic E-state index is 11.8. The second-order valence-corrected chi connectivity index (χ2v) is 4.70. The van der Waals surface area contributed by atoms with Crippen molar-refractivity contribution in [1.29, 1.82) is 0 Å². The molecule has 0 saturated carbocycles. The summed E-state index contributed by atoms with van der Waals surface area (Å²) < 4.78 is 5.44. The third-order valence-electron chi connectivity index (χ3n) is 3.28. The lowest BCUT2D eigenvalue weighted by Crippen LogP contribution is -2.43. The molecule has 0 aliphatic carbocycles. The summed E-state index contributed by atoms with van der Waals surface area (Å²) in [5.41, 5.74) is 1.12. The van der Waals surface area contributed by atoms with Crippen LogP contribution in [0.2, 0.25) is 0 Å². The van der Waals surface area contributed by atoms with Gasteiger partial charge in [0.15, 0.2) is 0 Å². The van der Waals surface area contributed by atoms with Crippen molar-refractivity contribution in [3.63, 3.8) is 0 Å². The molecule has 2 rings (SSSR count). The van der Waals surface area contributed by atoms with Crippen LogP contribution in [0.1, 0.15) is 43.6 Å². The van der Waals surface area contributed by atoms with E-state index in [-0.39, 0.29) is 18.0 Å². The molecule has 0 spiro atoms. The quantitative estimate of drug-likeness (QED) is 0.843. The van der Waals surface area contributed by atoms with Crippen LogP contribution < -0.4 is 10.6 Å². The van der Waals surface area contributed by atoms with E-state index in [1.54, 1.807) is 6.26 Å². The summed E-state index contributed by atoms with van der Waals surface area (Å²) in [6, 6.07) is 1.91. The molecule has 1 saturated heterocycles. The predicted octanol–water partition coefficient (Wildman–Crippen LogP) is 1.91. The van der Waals surface area contributed by atoms with Crippen molar-refractivity contribution in [2.24, 2.45) is 0 Å². The summed E-state index contributed by atoms with van der Waals surface area (Å²) in [5, 5.41) is 6.27. The zero-order valence-electron chi connectivity index (χ0n) is 10.5. The predicted molar refractivity (Wildman–Crippen MR) is 65.6 cm³/mol. The molecule has 2 atom stereocenters. The summed E-state index contributed by atoms with van der Waals surface area (Å²) in [6.07, 6.45) is 4.74. The van der Waals surface area contributed by atoms with E-state index in [1.807, 2.05) is 19.9 Å². The zero-order chi connectivity index (χ0) is 12.3. The molecular weight excluding hydrogens is 216 g/mol. The van der Waals surface area contributed by atoms with Crippen molar-refractivity contribution in [1.82, 2.24) is 10.6 Å². The first kappa shape index (κ1) is 12.2. The van der Waals surface area contributed by atoms with Gasteiger partial charge in [0, 0.05) is 6.54 Å². The van der Waals surface area contributed by atoms with Crippen molar-refractivity contribution in [2.45, 2.75) is 45.2 Å². The highest BCUT2D eigenvalue weighted by atomic mass is 16.3. The molecule has 4 heteroatoms. The lowest BCUT2D eigenvalue weighted by molar-refractivity contribution is -0.123. The summed E-state index contributed by atoms with van der Waals surface area (Å²) >= 11 is 0. The van der Waals surface area contributed by atoms with Crippen LogP contribution in [0.3, 0.4) is 0 Å². The van der Waals surface area contributed by atoms with Gasteiger partial charge in [-0.1, -0.05) is 0 Å². The largest absolute Gasteiger partial charge is 0.467 e. The number of rotatable bonds is 3. The first-order valence-corrected chi connectivity index (χ1v) is 6.26. The minimum Gasteiger partial charge on any atom is -0.467 e. The van der Waals surface area contributed by atoms with Crippen LogP contribution >= 0.6 is 0 Å². The molecule has 1 aromatic heterocycles. The molecule has 0 aromatic carbocycles. The average molecular weight is 236 g/mol. The molecule has 1 amide bonds. The number of carbonyl (C=O) groups excluding carboxylic acids is 1. The van der Waals surface area contributed by atoms with Crippen LogP contribution in [-0.2, 0) is 4.79 Å². The van der Waals surface area contributed by atoms with Crippen LogP contribution in [0.15, 0.2) is 16.7 Å². The van der Waals surface area contributed by atoms with Crippen molar-refractivity contribution in [3.8, 4) is 0 Å². The van der Waals surface area contributed by atoms with E-state index >= 15 is 0 Å². The number of aryl methyl sites for hydroxylation is 1. The first-order chi connectivity index (χ1) is 8.18. The molecule has 0 radical (unpaired) electrons. The molecule has 94 valence electrons. The Kier molecular flexibility index (Phi) is 3.84. The molecule has 4 nitrogen and oxygen atoms in total. The van der Waals surface area contributed by atoms with Gasteiger partial charge in [0.05, 0.1) is 18.3 Å². The second kappa shape index (κ2) is 5.36. The van der Waals surface area contributed by atoms with Crippen LogP contribution in [-0.4, -0.2) is 18.5 Å². The van der Waals surface area contributed by atoms with Crippen molar-refractivity contribution in [3.05, 3.63) is 23.7 Å². The van der Waals surface area contributed by atoms with Gasteiger partial charge in [0.2, 0.25) is 5.91 Å². The standard InChI is InChI=1S/C13H20N2O2/c1-9-6-8-17-12(9)10(2)15-11-5-3-4-7-14-13(11)16/h6,8,10-11,15H,3-5,7H2,1-2H3,(H,14,16)/t10-,11+/m0/s1. The van der Waals surface area contributed by atoms with E-state index in [0.717, 1.165) is 37.1 Å². The molecule has 0 bridgehead atoms. The SMILES string of the molecule is Cc1ccoc1[C@H](C)N[C@@H]1CCCCNC1=O. The molecule has 2 heterocycles. The number of hydrogen-bond donors (Lipinski definition) is 2. The highest BCUT2D eigenvalue weighted by molar-refractivity contribution is 5.81. The van der Waals surface area contributed by atoms with Crippen LogP contribution in [0.4, 0.5) is 0 Å². The smallest absolute Gasteiger partial charge is 0.237 e. The normalized spacial score (nSPS) is 22.9. The maximum absolute atomic E-state index is 11.8. The lowest BCUT2D eigenvalue weighted by atomic mass is 10.1. The second-order valence-electron chi connectivity index (χ2n) is 4.70. The van der Waals surface area contributed by atoms with Gasteiger partial charge >= 0.3 is 0 Å². The van der Waals surface area contributed by atoms with E-state index in [1.165, 1.54) is 0 Å². The number of hydrogen-bond acceptors (Lipinski definition) is 3. The highest BCUT2D eigenvalue weighted by Gasteiger charge is 2.23. The zero-order valence-corrected chi connectivity index (χ0v) is 10.5. The van der Waals surface area contributed by atoms with E-state index in [4.69, 9.17) is 4.42 Å². The molecule has 1 aromatic rings. The molecule has 17 heavy (non-hydrogen) atoms. The van der Waals surface area contributed by atoms with E-state index in [2.05, 4.69) is 10.6 Å². The Morgan fingerprint density at radius 3 is 3.06 bits per heavy atom. The average Bonchev–Trinajstić information content (AvgIpc) is 2.63. The van der Waals surface area contributed by atoms with Crippen LogP contribution in [0.25, 0.3) is 0 Å². The van der Waals surface area contributed by atoms with E-state index in [0.29, 0.717) is 0 Å². The van der Waals surface area contributed by atoms with Crippen LogP contribution in [0, 0.1) is 6.92 Å². The van der Waals surface area contributed by atoms with E-state index < -0.39 is 0 Å². The molecule has 2 N–H and O–H groups in total. The number of nitrogens with one attached hydrogen (secondary N) is 2. The maximum Gasteiger partial charge on any atom is 0.237 e. The van der Waals surface area contributed by atoms with Gasteiger partial charge < -0.3 is 9.73 Å². The van der Waals surface area contributed by atoms with Gasteiger partial charge in [-0.3, -0.25) is 10.1 Å². The van der Waals surface area contributed by atoms with Gasteiger partial charge in [-0.15, -0.1) is 0 Å². The van der Waals surface area contributed by atoms with Crippen LogP contribution in [0.5, 0.6) is 0 Å². The third-order valence-corrected chi connectivity index (χ3v) is 3.28. The van der Waals surface area contributed by atoms with Crippen molar-refractivity contribution in [2.75, 3.05) is 6.54 Å². The molecule has 1 fully saturated rings. The van der Waals surface area contributed by atoms with Gasteiger partial charge in [0.1, 0.15) is 5.76 Å². The molecule has 0 unspecified atom stereocenters. The Hall–Kier alpha value is -1.29. The topological polar surface area (TPSA) is 54.3 Å². The van der Waals surface area contributed by atoms with E-state index in [9.17, 15) is 4.79 Å². The monoisotopic (exact) mass is 236 g/mol. The summed E-state index contributed by atoms with van der Waals surface area (Å²) in [6.45, 7) is 4.85. The molecule has 1 aliphatic rings. The fourth-order valence-electron chi connectivity index (χ4n) is 2.30. The molecular formula is C13H20N2O2. The number of carbonyl (C=O) groups is 1. The number of amides is 1. The minimum atomic E-state index is -0.100. The van der Waals surface area contributed by atoms with Gasteiger partial charge in [0.25, 0.3) is 0 Å². The Morgan fingerprint density at radius 2 is 2.35 bits per heavy atom. The highest BCUT2D eigenvalue weighted by Crippen LogP contribution is 2.19. The lowest BCUT2D eigenvalue weighted by Gasteiger charge is -2.20. The van der Waals surface area contributed by atoms with Gasteiger partial charge in [-0.05, 0) is 44.7 Å². The Balaban J connectivity index is 2.00. The fraction of sp³-hybridized carbons (Fsp3) is 0.615. The Morgan fingerprint density at radius 1 is 1.53 bits per heavy atom. The first-order valence-electron chi connectivity index (χ1n) is 6.26. The Labute approximate surface area is 102 Å². The van der Waals surface area contributed by atoms with Crippen molar-refractivity contribution < 1.29 is 9.21 Å².